The van der Waals surface area contributed by atoms with Crippen molar-refractivity contribution in [3.05, 3.63) is 47.3 Å². The molecule has 0 aliphatic heterocycles. The third-order valence-electron chi connectivity index (χ3n) is 4.45. The molecule has 6 nitrogen and oxygen atoms in total. The molecule has 3 rings (SSSR count). The maximum atomic E-state index is 12.8. The third kappa shape index (κ3) is 2.91. The highest BCUT2D eigenvalue weighted by atomic mass is 16.4. The Morgan fingerprint density at radius 2 is 2.00 bits per heavy atom. The first-order valence-corrected chi connectivity index (χ1v) is 8.13. The number of benzene rings is 1. The zero-order valence-electron chi connectivity index (χ0n) is 13.9. The molecule has 24 heavy (non-hydrogen) atoms. The van der Waals surface area contributed by atoms with Gasteiger partial charge in [-0.05, 0) is 31.4 Å². The Bertz CT molecular complexity index is 767. The van der Waals surface area contributed by atoms with Crippen molar-refractivity contribution in [2.75, 3.05) is 13.6 Å². The average Bonchev–Trinajstić information content (AvgIpc) is 3.17. The lowest BCUT2D eigenvalue weighted by molar-refractivity contribution is -0.141. The molecule has 6 heteroatoms. The van der Waals surface area contributed by atoms with Gasteiger partial charge < -0.3 is 10.0 Å². The number of fused-ring (bicyclic) bond motifs is 1. The van der Waals surface area contributed by atoms with Crippen LogP contribution in [0.4, 0.5) is 0 Å². The van der Waals surface area contributed by atoms with Crippen LogP contribution in [-0.4, -0.2) is 45.3 Å². The van der Waals surface area contributed by atoms with Crippen LogP contribution in [0, 0.1) is 5.92 Å². The fourth-order valence-electron chi connectivity index (χ4n) is 3.14. The number of carbonyl (C=O) groups excluding carboxylic acids is 1. The highest BCUT2D eigenvalue weighted by molar-refractivity contribution is 5.94. The summed E-state index contributed by atoms with van der Waals surface area (Å²) in [7, 11) is 1.63. The molecule has 1 aromatic carbocycles. The van der Waals surface area contributed by atoms with Crippen molar-refractivity contribution in [3.63, 3.8) is 0 Å². The van der Waals surface area contributed by atoms with E-state index in [0.29, 0.717) is 5.69 Å². The standard InChI is InChI=1S/C18H21N3O3/c1-12(18(23)24)11-20(2)17(22)16-14-9-6-10-15(14)21(19-16)13-7-4-3-5-8-13/h3-5,7-8,12H,6,9-11H2,1-2H3,(H,23,24). The highest BCUT2D eigenvalue weighted by Crippen LogP contribution is 2.28. The summed E-state index contributed by atoms with van der Waals surface area (Å²) in [5, 5.41) is 13.6. The Kier molecular flexibility index (Phi) is 4.38. The second-order valence-electron chi connectivity index (χ2n) is 6.30. The van der Waals surface area contributed by atoms with Crippen LogP contribution in [0.15, 0.2) is 30.3 Å². The van der Waals surface area contributed by atoms with Crippen LogP contribution in [-0.2, 0) is 17.6 Å². The van der Waals surface area contributed by atoms with Crippen molar-refractivity contribution >= 4 is 11.9 Å². The molecule has 0 saturated carbocycles. The molecule has 0 fully saturated rings. The predicted octanol–water partition coefficient (Wildman–Crippen LogP) is 2.15. The molecule has 0 spiro atoms. The number of amides is 1. The van der Waals surface area contributed by atoms with Crippen LogP contribution < -0.4 is 0 Å². The molecule has 1 aliphatic carbocycles. The first kappa shape index (κ1) is 16.2. The molecule has 0 radical (unpaired) electrons. The molecule has 0 saturated heterocycles. The molecule has 126 valence electrons. The molecule has 1 heterocycles. The van der Waals surface area contributed by atoms with E-state index in [2.05, 4.69) is 5.10 Å². The number of carboxylic acids is 1. The van der Waals surface area contributed by atoms with Crippen LogP contribution in [0.3, 0.4) is 0 Å². The number of hydrogen-bond acceptors (Lipinski definition) is 3. The van der Waals surface area contributed by atoms with Crippen LogP contribution in [0.2, 0.25) is 0 Å². The van der Waals surface area contributed by atoms with E-state index in [1.165, 1.54) is 4.90 Å². The molecule has 1 unspecified atom stereocenters. The molecule has 2 aromatic rings. The van der Waals surface area contributed by atoms with Gasteiger partial charge in [0.05, 0.1) is 11.6 Å². The van der Waals surface area contributed by atoms with Crippen molar-refractivity contribution in [1.82, 2.24) is 14.7 Å². The third-order valence-corrected chi connectivity index (χ3v) is 4.45. The van der Waals surface area contributed by atoms with Gasteiger partial charge in [0.1, 0.15) is 0 Å². The zero-order chi connectivity index (χ0) is 17.3. The van der Waals surface area contributed by atoms with Crippen molar-refractivity contribution in [1.29, 1.82) is 0 Å². The Labute approximate surface area is 140 Å². The summed E-state index contributed by atoms with van der Waals surface area (Å²) in [6.45, 7) is 1.76. The highest BCUT2D eigenvalue weighted by Gasteiger charge is 2.29. The number of nitrogens with zero attached hydrogens (tertiary/aromatic N) is 3. The number of carbonyl (C=O) groups is 2. The van der Waals surface area contributed by atoms with Crippen LogP contribution in [0.5, 0.6) is 0 Å². The number of carboxylic acid groups (broad SMARTS) is 1. The summed E-state index contributed by atoms with van der Waals surface area (Å²) < 4.78 is 1.85. The Hall–Kier alpha value is -2.63. The first-order chi connectivity index (χ1) is 11.5. The fourth-order valence-corrected chi connectivity index (χ4v) is 3.14. The molecule has 1 aliphatic rings. The van der Waals surface area contributed by atoms with Gasteiger partial charge in [-0.25, -0.2) is 4.68 Å². The van der Waals surface area contributed by atoms with E-state index in [1.807, 2.05) is 35.0 Å². The number of aliphatic carboxylic acids is 1. The largest absolute Gasteiger partial charge is 0.481 e. The average molecular weight is 327 g/mol. The van der Waals surface area contributed by atoms with Crippen LogP contribution in [0.1, 0.15) is 35.1 Å². The van der Waals surface area contributed by atoms with Gasteiger partial charge >= 0.3 is 5.97 Å². The zero-order valence-corrected chi connectivity index (χ0v) is 13.9. The normalized spacial score (nSPS) is 14.2. The van der Waals surface area contributed by atoms with Crippen molar-refractivity contribution < 1.29 is 14.7 Å². The van der Waals surface area contributed by atoms with Gasteiger partial charge in [0.15, 0.2) is 5.69 Å². The fraction of sp³-hybridized carbons (Fsp3) is 0.389. The van der Waals surface area contributed by atoms with E-state index >= 15 is 0 Å². The summed E-state index contributed by atoms with van der Waals surface area (Å²) >= 11 is 0. The SMILES string of the molecule is CC(CN(C)C(=O)c1nn(-c2ccccc2)c2c1CCC2)C(=O)O. The van der Waals surface area contributed by atoms with E-state index in [4.69, 9.17) is 5.11 Å². The van der Waals surface area contributed by atoms with Crippen LogP contribution >= 0.6 is 0 Å². The quantitative estimate of drug-likeness (QED) is 0.913. The second-order valence-corrected chi connectivity index (χ2v) is 6.30. The first-order valence-electron chi connectivity index (χ1n) is 8.13. The van der Waals surface area contributed by atoms with Gasteiger partial charge in [-0.15, -0.1) is 0 Å². The number of rotatable bonds is 5. The minimum Gasteiger partial charge on any atom is -0.481 e. The Balaban J connectivity index is 1.92. The van der Waals surface area contributed by atoms with Gasteiger partial charge in [-0.1, -0.05) is 25.1 Å². The summed E-state index contributed by atoms with van der Waals surface area (Å²) in [5.74, 6) is -1.73. The van der Waals surface area contributed by atoms with E-state index < -0.39 is 11.9 Å². The second kappa shape index (κ2) is 6.47. The van der Waals surface area contributed by atoms with E-state index in [9.17, 15) is 9.59 Å². The minimum absolute atomic E-state index is 0.168. The number of aromatic nitrogens is 2. The lowest BCUT2D eigenvalue weighted by Gasteiger charge is -2.18. The molecule has 1 aromatic heterocycles. The van der Waals surface area contributed by atoms with Gasteiger partial charge in [-0.2, -0.15) is 5.10 Å². The number of para-hydroxylation sites is 1. The molecule has 1 atom stereocenters. The molecule has 1 N–H and O–H groups in total. The van der Waals surface area contributed by atoms with Gasteiger partial charge in [0.25, 0.3) is 5.91 Å². The summed E-state index contributed by atoms with van der Waals surface area (Å²) in [4.78, 5) is 25.2. The Morgan fingerprint density at radius 1 is 1.29 bits per heavy atom. The summed E-state index contributed by atoms with van der Waals surface area (Å²) in [6, 6.07) is 9.77. The predicted molar refractivity (Wildman–Crippen MR) is 89.3 cm³/mol. The van der Waals surface area contributed by atoms with E-state index in [-0.39, 0.29) is 12.5 Å². The molecular weight excluding hydrogens is 306 g/mol. The summed E-state index contributed by atoms with van der Waals surface area (Å²) in [5.41, 5.74) is 3.48. The molecule has 0 bridgehead atoms. The van der Waals surface area contributed by atoms with E-state index in [0.717, 1.165) is 36.2 Å². The topological polar surface area (TPSA) is 75.4 Å². The Morgan fingerprint density at radius 3 is 2.67 bits per heavy atom. The number of hydrogen-bond donors (Lipinski definition) is 1. The lowest BCUT2D eigenvalue weighted by Crippen LogP contribution is -2.34. The van der Waals surface area contributed by atoms with Gasteiger partial charge in [-0.3, -0.25) is 9.59 Å². The van der Waals surface area contributed by atoms with Crippen molar-refractivity contribution in [2.45, 2.75) is 26.2 Å². The monoisotopic (exact) mass is 327 g/mol. The van der Waals surface area contributed by atoms with Crippen LogP contribution in [0.25, 0.3) is 5.69 Å². The lowest BCUT2D eigenvalue weighted by atomic mass is 10.1. The minimum atomic E-state index is -0.908. The van der Waals surface area contributed by atoms with Gasteiger partial charge in [0.2, 0.25) is 0 Å². The van der Waals surface area contributed by atoms with Gasteiger partial charge in [0, 0.05) is 24.8 Å². The van der Waals surface area contributed by atoms with E-state index in [1.54, 1.807) is 14.0 Å². The maximum absolute atomic E-state index is 12.8. The maximum Gasteiger partial charge on any atom is 0.308 e. The molecule has 1 amide bonds. The summed E-state index contributed by atoms with van der Waals surface area (Å²) in [6.07, 6.45) is 2.75. The molecular formula is C18H21N3O3. The smallest absolute Gasteiger partial charge is 0.308 e. The van der Waals surface area contributed by atoms with Crippen molar-refractivity contribution in [3.8, 4) is 5.69 Å². The van der Waals surface area contributed by atoms with Crippen molar-refractivity contribution in [2.24, 2.45) is 5.92 Å².